The van der Waals surface area contributed by atoms with E-state index in [0.717, 1.165) is 47.9 Å². The molecule has 0 aliphatic carbocycles. The Morgan fingerprint density at radius 2 is 1.03 bits per heavy atom. The molecule has 7 heteroatoms. The second-order valence-corrected chi connectivity index (χ2v) is 6.48. The number of rotatable bonds is 6. The van der Waals surface area contributed by atoms with Crippen LogP contribution in [0, 0.1) is 13.8 Å². The zero-order valence-electron chi connectivity index (χ0n) is 17.4. The van der Waals surface area contributed by atoms with Crippen molar-refractivity contribution in [2.75, 3.05) is 0 Å². The van der Waals surface area contributed by atoms with Crippen molar-refractivity contribution in [1.29, 1.82) is 0 Å². The van der Waals surface area contributed by atoms with Crippen molar-refractivity contribution in [3.8, 4) is 0 Å². The van der Waals surface area contributed by atoms with Gasteiger partial charge in [-0.25, -0.2) is 0 Å². The third kappa shape index (κ3) is 10.5. The summed E-state index contributed by atoms with van der Waals surface area (Å²) >= 11 is 0. The van der Waals surface area contributed by atoms with Crippen LogP contribution in [0.1, 0.15) is 69.7 Å². The second kappa shape index (κ2) is 16.0. The number of hydrogen-bond acceptors (Lipinski definition) is 2. The van der Waals surface area contributed by atoms with Crippen molar-refractivity contribution in [3.05, 3.63) is 81.2 Å². The van der Waals surface area contributed by atoms with Crippen LogP contribution in [0.2, 0.25) is 0 Å². The van der Waals surface area contributed by atoms with Gasteiger partial charge < -0.3 is 30.5 Å². The van der Waals surface area contributed by atoms with Crippen molar-refractivity contribution in [3.63, 3.8) is 0 Å². The van der Waals surface area contributed by atoms with Gasteiger partial charge in [0.2, 0.25) is 0 Å². The van der Waals surface area contributed by atoms with Crippen molar-refractivity contribution in [1.82, 2.24) is 0 Å². The van der Waals surface area contributed by atoms with Gasteiger partial charge in [-0.15, -0.1) is 0 Å². The topological polar surface area (TPSA) is 81.7 Å². The van der Waals surface area contributed by atoms with Gasteiger partial charge in [0.1, 0.15) is 0 Å². The van der Waals surface area contributed by atoms with E-state index in [9.17, 15) is 9.59 Å². The molecule has 0 atom stereocenters. The molecule has 2 amide bonds. The largest absolute Gasteiger partial charge is 4.00 e. The number of carbonyl (C=O) groups excluding carboxylic acids is 2. The minimum absolute atomic E-state index is 0. The molecule has 2 aromatic rings. The molecule has 0 heterocycles. The van der Waals surface area contributed by atoms with Gasteiger partial charge in [0.15, 0.2) is 0 Å². The predicted octanol–water partition coefficient (Wildman–Crippen LogP) is 0.285. The summed E-state index contributed by atoms with van der Waals surface area (Å²) in [7, 11) is 0. The zero-order valence-corrected chi connectivity index (χ0v) is 19.8. The quantitative estimate of drug-likeness (QED) is 0.594. The fourth-order valence-electron chi connectivity index (χ4n) is 2.84. The molecule has 0 saturated heterocycles. The zero-order chi connectivity index (χ0) is 19.7. The van der Waals surface area contributed by atoms with Gasteiger partial charge in [-0.05, 0) is 37.8 Å². The van der Waals surface area contributed by atoms with Crippen molar-refractivity contribution in [2.45, 2.75) is 53.4 Å². The maximum absolute atomic E-state index is 10.9. The van der Waals surface area contributed by atoms with Crippen LogP contribution < -0.4 is 9.41 Å². The minimum atomic E-state index is -0.580. The molecule has 0 fully saturated rings. The SMILES string of the molecule is CCCc1cc(C)ccc1C([NH-])=O.CCCc1cc(C)ccc1C([NH-])=O.[F-].[F-].[Zr+4]. The maximum Gasteiger partial charge on any atom is 4.00 e. The molecular formula is C22H28F2N2O2Zr. The van der Waals surface area contributed by atoms with E-state index in [1.165, 1.54) is 0 Å². The first kappa shape index (κ1) is 31.8. The molecule has 0 aromatic heterocycles. The maximum atomic E-state index is 10.9. The number of hydrogen-bond donors (Lipinski definition) is 0. The normalized spacial score (nSPS) is 8.97. The van der Waals surface area contributed by atoms with Crippen LogP contribution >= 0.6 is 0 Å². The summed E-state index contributed by atoms with van der Waals surface area (Å²) in [5, 5.41) is 0. The molecule has 0 aliphatic heterocycles. The van der Waals surface area contributed by atoms with Crippen molar-refractivity contribution >= 4 is 11.8 Å². The van der Waals surface area contributed by atoms with Gasteiger partial charge in [-0.2, -0.15) is 0 Å². The van der Waals surface area contributed by atoms with E-state index in [1.54, 1.807) is 12.1 Å². The number of carbonyl (C=O) groups is 2. The summed E-state index contributed by atoms with van der Waals surface area (Å²) < 4.78 is 0. The molecule has 156 valence electrons. The smallest absolute Gasteiger partial charge is 1.00 e. The Labute approximate surface area is 191 Å². The molecular weight excluding hydrogens is 453 g/mol. The third-order valence-corrected chi connectivity index (χ3v) is 4.05. The van der Waals surface area contributed by atoms with Crippen LogP contribution in [0.5, 0.6) is 0 Å². The van der Waals surface area contributed by atoms with Gasteiger partial charge in [-0.1, -0.05) is 74.2 Å². The third-order valence-electron chi connectivity index (χ3n) is 4.05. The Hall–Kier alpha value is -1.88. The fraction of sp³-hybridized carbons (Fsp3) is 0.364. The molecule has 0 spiro atoms. The average molecular weight is 482 g/mol. The van der Waals surface area contributed by atoms with Crippen molar-refractivity contribution < 1.29 is 45.2 Å². The summed E-state index contributed by atoms with van der Waals surface area (Å²) in [6, 6.07) is 11.2. The molecule has 0 radical (unpaired) electrons. The number of amides is 2. The van der Waals surface area contributed by atoms with Crippen LogP contribution in [-0.2, 0) is 39.0 Å². The van der Waals surface area contributed by atoms with Gasteiger partial charge in [0.05, 0.1) is 11.8 Å². The Morgan fingerprint density at radius 1 is 0.724 bits per heavy atom. The fourth-order valence-corrected chi connectivity index (χ4v) is 2.84. The summed E-state index contributed by atoms with van der Waals surface area (Å²) in [5.74, 6) is -1.16. The molecule has 0 aliphatic rings. The Morgan fingerprint density at radius 3 is 1.28 bits per heavy atom. The van der Waals surface area contributed by atoms with Crippen LogP contribution in [0.15, 0.2) is 36.4 Å². The van der Waals surface area contributed by atoms with E-state index in [2.05, 4.69) is 13.8 Å². The van der Waals surface area contributed by atoms with Crippen LogP contribution in [-0.4, -0.2) is 11.8 Å². The number of benzene rings is 2. The molecule has 29 heavy (non-hydrogen) atoms. The van der Waals surface area contributed by atoms with E-state index < -0.39 is 11.8 Å². The monoisotopic (exact) mass is 480 g/mol. The minimum Gasteiger partial charge on any atom is -1.00 e. The molecule has 2 N–H and O–H groups in total. The van der Waals surface area contributed by atoms with Gasteiger partial charge in [-0.3, -0.25) is 0 Å². The Balaban J connectivity index is -0.000000422. The van der Waals surface area contributed by atoms with Crippen LogP contribution in [0.25, 0.3) is 11.5 Å². The van der Waals surface area contributed by atoms with Crippen molar-refractivity contribution in [2.24, 2.45) is 0 Å². The van der Waals surface area contributed by atoms with E-state index >= 15 is 0 Å². The Bertz CT molecular complexity index is 718. The second-order valence-electron chi connectivity index (χ2n) is 6.48. The van der Waals surface area contributed by atoms with Crippen LogP contribution in [0.3, 0.4) is 0 Å². The Kier molecular flexibility index (Phi) is 17.5. The number of halogens is 2. The predicted molar refractivity (Wildman–Crippen MR) is 108 cm³/mol. The van der Waals surface area contributed by atoms with Gasteiger partial charge >= 0.3 is 26.2 Å². The standard InChI is InChI=1S/2C11H15NO.2FH.Zr/c2*1-3-4-9-7-8(2)5-6-10(9)11(12)13;;;/h2*5-7H,3-4H2,1-2H3,(H2,12,13);2*1H;/q;;;;+4/p-4. The first-order valence-corrected chi connectivity index (χ1v) is 9.01. The van der Waals surface area contributed by atoms with E-state index in [1.807, 2.05) is 38.1 Å². The summed E-state index contributed by atoms with van der Waals surface area (Å²) in [5.41, 5.74) is 19.5. The summed E-state index contributed by atoms with van der Waals surface area (Å²) in [6.45, 7) is 8.13. The number of aryl methyl sites for hydroxylation is 4. The van der Waals surface area contributed by atoms with Crippen LogP contribution in [0.4, 0.5) is 0 Å². The first-order valence-electron chi connectivity index (χ1n) is 9.01. The molecule has 2 rings (SSSR count). The summed E-state index contributed by atoms with van der Waals surface area (Å²) in [6.07, 6.45) is 3.76. The van der Waals surface area contributed by atoms with E-state index in [4.69, 9.17) is 11.5 Å². The molecule has 0 bridgehead atoms. The van der Waals surface area contributed by atoms with E-state index in [0.29, 0.717) is 11.1 Å². The molecule has 2 aromatic carbocycles. The first-order chi connectivity index (χ1) is 12.3. The molecule has 4 nitrogen and oxygen atoms in total. The van der Waals surface area contributed by atoms with E-state index in [-0.39, 0.29) is 35.6 Å². The molecule has 0 unspecified atom stereocenters. The average Bonchev–Trinajstić information content (AvgIpc) is 2.55. The summed E-state index contributed by atoms with van der Waals surface area (Å²) in [4.78, 5) is 21.8. The molecule has 0 saturated carbocycles. The van der Waals surface area contributed by atoms with Gasteiger partial charge in [0, 0.05) is 11.1 Å². The van der Waals surface area contributed by atoms with Gasteiger partial charge in [0.25, 0.3) is 0 Å². The number of nitrogens with one attached hydrogen (secondary N) is 2.